The first-order valence-corrected chi connectivity index (χ1v) is 8.45. The van der Waals surface area contributed by atoms with Crippen LogP contribution in [0.3, 0.4) is 0 Å². The molecule has 0 aliphatic carbocycles. The molecule has 1 aliphatic heterocycles. The molecule has 0 saturated carbocycles. The zero-order valence-electron chi connectivity index (χ0n) is 12.1. The Morgan fingerprint density at radius 2 is 1.88 bits per heavy atom. The van der Waals surface area contributed by atoms with E-state index in [0.717, 1.165) is 0 Å². The number of thioether (sulfide) groups is 1. The highest BCUT2D eigenvalue weighted by atomic mass is 35.5. The molecule has 0 spiro atoms. The first kappa shape index (κ1) is 16.7. The Kier molecular flexibility index (Phi) is 4.99. The molecular formula is C17H10ClNO3S2. The van der Waals surface area contributed by atoms with Crippen LogP contribution in [0, 0.1) is 0 Å². The molecule has 120 valence electrons. The number of esters is 1. The van der Waals surface area contributed by atoms with E-state index in [9.17, 15) is 9.59 Å². The number of carbonyl (C=O) groups excluding carboxylic acids is 2. The van der Waals surface area contributed by atoms with E-state index in [0.29, 0.717) is 31.1 Å². The Hall–Kier alpha value is -2.15. The zero-order valence-corrected chi connectivity index (χ0v) is 14.5. The quantitative estimate of drug-likeness (QED) is 0.379. The Morgan fingerprint density at radius 1 is 1.17 bits per heavy atom. The Bertz CT molecular complexity index is 862. The molecule has 0 bridgehead atoms. The van der Waals surface area contributed by atoms with Crippen molar-refractivity contribution in [3.8, 4) is 5.75 Å². The number of thiocarbonyl (C=S) groups is 1. The van der Waals surface area contributed by atoms with Crippen molar-refractivity contribution in [1.29, 1.82) is 0 Å². The molecule has 1 amide bonds. The van der Waals surface area contributed by atoms with Crippen LogP contribution in [0.5, 0.6) is 5.75 Å². The molecule has 2 aromatic rings. The summed E-state index contributed by atoms with van der Waals surface area (Å²) < 4.78 is 5.85. The van der Waals surface area contributed by atoms with Crippen LogP contribution in [0.1, 0.15) is 15.9 Å². The molecule has 0 radical (unpaired) electrons. The van der Waals surface area contributed by atoms with Crippen LogP contribution in [0.15, 0.2) is 53.4 Å². The third kappa shape index (κ3) is 3.84. The van der Waals surface area contributed by atoms with Gasteiger partial charge in [-0.15, -0.1) is 0 Å². The van der Waals surface area contributed by atoms with Crippen LogP contribution < -0.4 is 10.1 Å². The number of nitrogens with one attached hydrogen (secondary N) is 1. The topological polar surface area (TPSA) is 55.4 Å². The number of halogens is 1. The number of rotatable bonds is 3. The summed E-state index contributed by atoms with van der Waals surface area (Å²) in [5, 5.41) is 3.08. The van der Waals surface area contributed by atoms with Crippen LogP contribution in [0.4, 0.5) is 0 Å². The molecular weight excluding hydrogens is 366 g/mol. The van der Waals surface area contributed by atoms with Gasteiger partial charge in [0.15, 0.2) is 0 Å². The van der Waals surface area contributed by atoms with Crippen molar-refractivity contribution in [1.82, 2.24) is 5.32 Å². The minimum Gasteiger partial charge on any atom is -0.422 e. The first-order chi connectivity index (χ1) is 11.5. The van der Waals surface area contributed by atoms with Crippen LogP contribution >= 0.6 is 35.6 Å². The van der Waals surface area contributed by atoms with Gasteiger partial charge in [-0.25, -0.2) is 4.79 Å². The normalized spacial score (nSPS) is 15.5. The molecule has 1 aliphatic rings. The van der Waals surface area contributed by atoms with Crippen LogP contribution in [0.25, 0.3) is 6.08 Å². The Balaban J connectivity index is 1.86. The molecule has 7 heteroatoms. The van der Waals surface area contributed by atoms with E-state index in [1.165, 1.54) is 11.8 Å². The molecule has 1 fully saturated rings. The van der Waals surface area contributed by atoms with E-state index in [1.54, 1.807) is 54.6 Å². The summed E-state index contributed by atoms with van der Waals surface area (Å²) in [4.78, 5) is 24.5. The molecule has 1 N–H and O–H groups in total. The fraction of sp³-hybridized carbons (Fsp3) is 0. The highest BCUT2D eigenvalue weighted by molar-refractivity contribution is 8.26. The highest BCUT2D eigenvalue weighted by Crippen LogP contribution is 2.29. The number of amides is 1. The third-order valence-corrected chi connectivity index (χ3v) is 4.54. The average molecular weight is 376 g/mol. The van der Waals surface area contributed by atoms with Crippen molar-refractivity contribution in [3.05, 3.63) is 69.6 Å². The lowest BCUT2D eigenvalue weighted by molar-refractivity contribution is -0.115. The minimum atomic E-state index is -0.503. The van der Waals surface area contributed by atoms with Gasteiger partial charge in [-0.05, 0) is 36.4 Å². The van der Waals surface area contributed by atoms with Gasteiger partial charge < -0.3 is 10.1 Å². The van der Waals surface area contributed by atoms with Crippen molar-refractivity contribution >= 4 is 57.9 Å². The van der Waals surface area contributed by atoms with Crippen molar-refractivity contribution in [2.45, 2.75) is 0 Å². The van der Waals surface area contributed by atoms with Gasteiger partial charge in [0.05, 0.1) is 10.5 Å². The van der Waals surface area contributed by atoms with Crippen molar-refractivity contribution in [3.63, 3.8) is 0 Å². The van der Waals surface area contributed by atoms with Crippen molar-refractivity contribution < 1.29 is 14.3 Å². The van der Waals surface area contributed by atoms with Gasteiger partial charge in [0, 0.05) is 10.6 Å². The van der Waals surface area contributed by atoms with Gasteiger partial charge >= 0.3 is 5.97 Å². The minimum absolute atomic E-state index is 0.260. The summed E-state index contributed by atoms with van der Waals surface area (Å²) in [6.45, 7) is 0. The summed E-state index contributed by atoms with van der Waals surface area (Å²) in [5.41, 5.74) is 0.998. The van der Waals surface area contributed by atoms with Gasteiger partial charge in [-0.2, -0.15) is 0 Å². The van der Waals surface area contributed by atoms with E-state index in [4.69, 9.17) is 28.6 Å². The second-order valence-electron chi connectivity index (χ2n) is 4.79. The second-order valence-corrected chi connectivity index (χ2v) is 6.94. The number of hydrogen-bond acceptors (Lipinski definition) is 5. The monoisotopic (exact) mass is 375 g/mol. The Labute approximate surface area is 152 Å². The van der Waals surface area contributed by atoms with Crippen LogP contribution in [-0.4, -0.2) is 16.2 Å². The standard InChI is InChI=1S/C17H10ClNO3S2/c18-12-7-5-10(6-8-12)16(21)22-13-4-2-1-3-11(13)9-14-15(20)19-17(23)24-14/h1-9H,(H,19,20,23)/b14-9-. The van der Waals surface area contributed by atoms with E-state index in [-0.39, 0.29) is 5.91 Å². The number of benzene rings is 2. The smallest absolute Gasteiger partial charge is 0.343 e. The third-order valence-electron chi connectivity index (χ3n) is 3.13. The molecule has 4 nitrogen and oxygen atoms in total. The molecule has 1 heterocycles. The van der Waals surface area contributed by atoms with Crippen molar-refractivity contribution in [2.24, 2.45) is 0 Å². The first-order valence-electron chi connectivity index (χ1n) is 6.84. The largest absolute Gasteiger partial charge is 0.422 e. The molecule has 3 rings (SSSR count). The highest BCUT2D eigenvalue weighted by Gasteiger charge is 2.22. The number of hydrogen-bond donors (Lipinski definition) is 1. The van der Waals surface area contributed by atoms with Gasteiger partial charge in [-0.3, -0.25) is 4.79 Å². The molecule has 0 unspecified atom stereocenters. The van der Waals surface area contributed by atoms with Gasteiger partial charge in [0.25, 0.3) is 5.91 Å². The van der Waals surface area contributed by atoms with Crippen LogP contribution in [0.2, 0.25) is 5.02 Å². The number of para-hydroxylation sites is 1. The number of ether oxygens (including phenoxy) is 1. The molecule has 0 atom stereocenters. The fourth-order valence-electron chi connectivity index (χ4n) is 2.00. The van der Waals surface area contributed by atoms with E-state index in [2.05, 4.69) is 5.32 Å². The molecule has 24 heavy (non-hydrogen) atoms. The van der Waals surface area contributed by atoms with E-state index >= 15 is 0 Å². The maximum absolute atomic E-state index is 12.2. The summed E-state index contributed by atoms with van der Waals surface area (Å²) in [6, 6.07) is 13.4. The second kappa shape index (κ2) is 7.17. The van der Waals surface area contributed by atoms with Gasteiger partial charge in [0.1, 0.15) is 10.1 Å². The Morgan fingerprint density at radius 3 is 2.54 bits per heavy atom. The fourth-order valence-corrected chi connectivity index (χ4v) is 3.16. The SMILES string of the molecule is O=C1NC(=S)S/C1=C\c1ccccc1OC(=O)c1ccc(Cl)cc1. The molecule has 0 aromatic heterocycles. The molecule has 2 aromatic carbocycles. The van der Waals surface area contributed by atoms with E-state index in [1.807, 2.05) is 0 Å². The maximum Gasteiger partial charge on any atom is 0.343 e. The van der Waals surface area contributed by atoms with E-state index < -0.39 is 5.97 Å². The average Bonchev–Trinajstić information content (AvgIpc) is 2.87. The van der Waals surface area contributed by atoms with Gasteiger partial charge in [-0.1, -0.05) is 53.8 Å². The van der Waals surface area contributed by atoms with Gasteiger partial charge in [0.2, 0.25) is 0 Å². The zero-order chi connectivity index (χ0) is 17.1. The number of carbonyl (C=O) groups is 2. The lowest BCUT2D eigenvalue weighted by atomic mass is 10.1. The summed E-state index contributed by atoms with van der Waals surface area (Å²) >= 11 is 11.9. The van der Waals surface area contributed by atoms with Crippen molar-refractivity contribution in [2.75, 3.05) is 0 Å². The predicted octanol–water partition coefficient (Wildman–Crippen LogP) is 4.05. The summed E-state index contributed by atoms with van der Waals surface area (Å²) in [5.74, 6) is -0.406. The summed E-state index contributed by atoms with van der Waals surface area (Å²) in [6.07, 6.45) is 1.64. The lowest BCUT2D eigenvalue weighted by Gasteiger charge is -2.08. The lowest BCUT2D eigenvalue weighted by Crippen LogP contribution is -2.17. The molecule has 1 saturated heterocycles. The summed E-state index contributed by atoms with van der Waals surface area (Å²) in [7, 11) is 0. The van der Waals surface area contributed by atoms with Crippen LogP contribution in [-0.2, 0) is 4.79 Å². The predicted molar refractivity (Wildman–Crippen MR) is 99.2 cm³/mol. The maximum atomic E-state index is 12.2.